The summed E-state index contributed by atoms with van der Waals surface area (Å²) in [6.45, 7) is 3.90. The number of anilines is 1. The highest BCUT2D eigenvalue weighted by molar-refractivity contribution is 5.92. The number of nitrogens with one attached hydrogen (secondary N) is 1. The van der Waals surface area contributed by atoms with Gasteiger partial charge in [0.05, 0.1) is 18.7 Å². The van der Waals surface area contributed by atoms with Crippen LogP contribution in [-0.2, 0) is 11.8 Å². The lowest BCUT2D eigenvalue weighted by Crippen LogP contribution is -2.46. The molecular formula is C21H27N7O. The fourth-order valence-corrected chi connectivity index (χ4v) is 4.59. The van der Waals surface area contributed by atoms with Gasteiger partial charge in [0.1, 0.15) is 18.5 Å². The highest BCUT2D eigenvalue weighted by Crippen LogP contribution is 2.29. The quantitative estimate of drug-likeness (QED) is 0.729. The zero-order chi connectivity index (χ0) is 19.6. The van der Waals surface area contributed by atoms with Crippen molar-refractivity contribution in [2.24, 2.45) is 7.05 Å². The number of hydrogen-bond acceptors (Lipinski definition) is 7. The van der Waals surface area contributed by atoms with Crippen LogP contribution in [0.1, 0.15) is 25.7 Å². The number of nitrogens with zero attached hydrogens (tertiary/aromatic N) is 6. The minimum Gasteiger partial charge on any atom is -0.379 e. The molecule has 29 heavy (non-hydrogen) atoms. The maximum Gasteiger partial charge on any atom is 0.157 e. The van der Waals surface area contributed by atoms with Crippen LogP contribution in [0.5, 0.6) is 0 Å². The molecule has 0 bridgehead atoms. The van der Waals surface area contributed by atoms with E-state index < -0.39 is 0 Å². The van der Waals surface area contributed by atoms with Gasteiger partial charge >= 0.3 is 0 Å². The molecule has 2 aliphatic rings. The molecular weight excluding hydrogens is 366 g/mol. The van der Waals surface area contributed by atoms with Gasteiger partial charge in [-0.25, -0.2) is 19.6 Å². The summed E-state index contributed by atoms with van der Waals surface area (Å²) in [6.07, 6.45) is 8.00. The fourth-order valence-electron chi connectivity index (χ4n) is 4.59. The molecule has 2 fully saturated rings. The lowest BCUT2D eigenvalue weighted by Gasteiger charge is -2.39. The van der Waals surface area contributed by atoms with Crippen molar-refractivity contribution in [3.63, 3.8) is 0 Å². The van der Waals surface area contributed by atoms with Gasteiger partial charge in [-0.2, -0.15) is 5.10 Å². The van der Waals surface area contributed by atoms with E-state index in [0.717, 1.165) is 67.3 Å². The summed E-state index contributed by atoms with van der Waals surface area (Å²) in [4.78, 5) is 16.0. The molecule has 0 unspecified atom stereocenters. The molecule has 1 N–H and O–H groups in total. The number of fused-ring (bicyclic) bond motifs is 1. The summed E-state index contributed by atoms with van der Waals surface area (Å²) in [6, 6.07) is 7.32. The third kappa shape index (κ3) is 3.82. The molecule has 8 heteroatoms. The van der Waals surface area contributed by atoms with Gasteiger partial charge in [0.15, 0.2) is 5.82 Å². The van der Waals surface area contributed by atoms with Gasteiger partial charge in [-0.15, -0.1) is 0 Å². The largest absolute Gasteiger partial charge is 0.379 e. The molecule has 8 nitrogen and oxygen atoms in total. The van der Waals surface area contributed by atoms with E-state index in [1.807, 2.05) is 19.2 Å². The normalized spacial score (nSPS) is 23.3. The van der Waals surface area contributed by atoms with E-state index in [4.69, 9.17) is 4.74 Å². The second kappa shape index (κ2) is 8.04. The van der Waals surface area contributed by atoms with Gasteiger partial charge in [-0.05, 0) is 43.9 Å². The van der Waals surface area contributed by atoms with E-state index in [0.29, 0.717) is 12.1 Å². The van der Waals surface area contributed by atoms with Gasteiger partial charge < -0.3 is 10.1 Å². The molecule has 0 amide bonds. The van der Waals surface area contributed by atoms with Crippen LogP contribution in [0.4, 0.5) is 5.82 Å². The predicted octanol–water partition coefficient (Wildman–Crippen LogP) is 2.48. The third-order valence-electron chi connectivity index (χ3n) is 6.20. The Kier molecular flexibility index (Phi) is 5.12. The Balaban J connectivity index is 1.32. The summed E-state index contributed by atoms with van der Waals surface area (Å²) in [5.74, 6) is 1.75. The van der Waals surface area contributed by atoms with Crippen LogP contribution in [0.3, 0.4) is 0 Å². The predicted molar refractivity (Wildman–Crippen MR) is 112 cm³/mol. The number of aromatic nitrogens is 5. The fraction of sp³-hybridized carbons (Fsp3) is 0.524. The first-order valence-corrected chi connectivity index (χ1v) is 10.5. The van der Waals surface area contributed by atoms with Gasteiger partial charge in [-0.3, -0.25) is 4.90 Å². The van der Waals surface area contributed by atoms with Crippen molar-refractivity contribution >= 4 is 16.7 Å². The van der Waals surface area contributed by atoms with Crippen molar-refractivity contribution in [3.05, 3.63) is 30.9 Å². The second-order valence-electron chi connectivity index (χ2n) is 7.96. The van der Waals surface area contributed by atoms with Crippen LogP contribution < -0.4 is 5.32 Å². The van der Waals surface area contributed by atoms with Crippen LogP contribution in [0.15, 0.2) is 30.9 Å². The first-order valence-electron chi connectivity index (χ1n) is 10.5. The number of ether oxygens (including phenoxy) is 1. The maximum absolute atomic E-state index is 5.50. The van der Waals surface area contributed by atoms with E-state index in [9.17, 15) is 0 Å². The van der Waals surface area contributed by atoms with Crippen molar-refractivity contribution in [1.29, 1.82) is 0 Å². The number of hydrogen-bond donors (Lipinski definition) is 1. The van der Waals surface area contributed by atoms with Crippen LogP contribution in [0.25, 0.3) is 22.3 Å². The minimum absolute atomic E-state index is 0.448. The Morgan fingerprint density at radius 3 is 2.59 bits per heavy atom. The summed E-state index contributed by atoms with van der Waals surface area (Å²) >= 11 is 0. The van der Waals surface area contributed by atoms with Gasteiger partial charge in [-0.1, -0.05) is 0 Å². The van der Waals surface area contributed by atoms with Crippen LogP contribution >= 0.6 is 0 Å². The lowest BCUT2D eigenvalue weighted by molar-refractivity contribution is 0.00791. The molecule has 0 spiro atoms. The Bertz CT molecular complexity index is 974. The van der Waals surface area contributed by atoms with E-state index >= 15 is 0 Å². The van der Waals surface area contributed by atoms with Crippen molar-refractivity contribution in [2.45, 2.75) is 37.8 Å². The first kappa shape index (κ1) is 18.4. The zero-order valence-corrected chi connectivity index (χ0v) is 16.8. The monoisotopic (exact) mass is 393 g/mol. The molecule has 1 saturated heterocycles. The van der Waals surface area contributed by atoms with Crippen molar-refractivity contribution in [2.75, 3.05) is 31.6 Å². The second-order valence-corrected chi connectivity index (χ2v) is 7.96. The van der Waals surface area contributed by atoms with E-state index in [1.54, 1.807) is 17.3 Å². The summed E-state index contributed by atoms with van der Waals surface area (Å²) in [5, 5.41) is 8.91. The van der Waals surface area contributed by atoms with Crippen molar-refractivity contribution in [1.82, 2.24) is 29.6 Å². The Morgan fingerprint density at radius 1 is 1.00 bits per heavy atom. The minimum atomic E-state index is 0.448. The first-order chi connectivity index (χ1) is 14.3. The van der Waals surface area contributed by atoms with Crippen molar-refractivity contribution < 1.29 is 4.74 Å². The van der Waals surface area contributed by atoms with Crippen LogP contribution in [-0.4, -0.2) is 68.0 Å². The van der Waals surface area contributed by atoms with Gasteiger partial charge in [0, 0.05) is 43.2 Å². The van der Waals surface area contributed by atoms with Crippen LogP contribution in [0, 0.1) is 0 Å². The van der Waals surface area contributed by atoms with Crippen molar-refractivity contribution in [3.8, 4) is 11.4 Å². The van der Waals surface area contributed by atoms with E-state index in [2.05, 4.69) is 36.3 Å². The Labute approximate surface area is 170 Å². The molecule has 1 aromatic carbocycles. The molecule has 152 valence electrons. The molecule has 5 rings (SSSR count). The zero-order valence-electron chi connectivity index (χ0n) is 16.8. The van der Waals surface area contributed by atoms with E-state index in [-0.39, 0.29) is 0 Å². The molecule has 1 aliphatic heterocycles. The number of rotatable bonds is 4. The SMILES string of the molecule is Cn1ncnc1-c1ccc2ncnc(NC3CCC(N4CCOCC4)CC3)c2c1. The Hall–Kier alpha value is -2.58. The smallest absolute Gasteiger partial charge is 0.157 e. The number of benzene rings is 1. The Morgan fingerprint density at radius 2 is 1.83 bits per heavy atom. The summed E-state index contributed by atoms with van der Waals surface area (Å²) in [5.41, 5.74) is 1.96. The maximum atomic E-state index is 5.50. The number of aryl methyl sites for hydroxylation is 1. The lowest BCUT2D eigenvalue weighted by atomic mass is 9.90. The molecule has 3 heterocycles. The molecule has 3 aromatic rings. The molecule has 0 atom stereocenters. The summed E-state index contributed by atoms with van der Waals surface area (Å²) in [7, 11) is 1.90. The summed E-state index contributed by atoms with van der Waals surface area (Å²) < 4.78 is 7.28. The van der Waals surface area contributed by atoms with E-state index in [1.165, 1.54) is 12.8 Å². The number of morpholine rings is 1. The molecule has 1 saturated carbocycles. The highest BCUT2D eigenvalue weighted by Gasteiger charge is 2.27. The average Bonchev–Trinajstić information content (AvgIpc) is 3.21. The van der Waals surface area contributed by atoms with Gasteiger partial charge in [0.25, 0.3) is 0 Å². The topological polar surface area (TPSA) is 81.0 Å². The van der Waals surface area contributed by atoms with Gasteiger partial charge in [0.2, 0.25) is 0 Å². The third-order valence-corrected chi connectivity index (χ3v) is 6.20. The highest BCUT2D eigenvalue weighted by atomic mass is 16.5. The van der Waals surface area contributed by atoms with Crippen LogP contribution in [0.2, 0.25) is 0 Å². The molecule has 2 aromatic heterocycles. The average molecular weight is 393 g/mol. The molecule has 0 radical (unpaired) electrons. The standard InChI is InChI=1S/C21H27N7O/c1-27-21(24-14-25-27)15-2-7-19-18(12-15)20(23-13-22-19)26-16-3-5-17(6-4-16)28-8-10-29-11-9-28/h2,7,12-14,16-17H,3-6,8-11H2,1H3,(H,22,23,26). The molecule has 1 aliphatic carbocycles.